The Morgan fingerprint density at radius 1 is 1.21 bits per heavy atom. The van der Waals surface area contributed by atoms with Crippen molar-refractivity contribution in [2.45, 2.75) is 20.3 Å². The summed E-state index contributed by atoms with van der Waals surface area (Å²) in [4.78, 5) is 23.2. The van der Waals surface area contributed by atoms with E-state index >= 15 is 0 Å². The number of benzene rings is 1. The summed E-state index contributed by atoms with van der Waals surface area (Å²) in [6, 6.07) is 5.67. The number of nitrogens with one attached hydrogen (secondary N) is 2. The highest BCUT2D eigenvalue weighted by atomic mass is 16.5. The molecule has 1 aromatic carbocycles. The number of methoxy groups -OCH3 is 1. The standard InChI is InChI=1S/C14H20N2O3/c1-10-5-4-6-12(11(10)2)16-14(18)9-13(17)15-7-8-19-3/h4-6H,7-9H2,1-3H3,(H,15,17)(H,16,18). The molecule has 2 N–H and O–H groups in total. The fraction of sp³-hybridized carbons (Fsp3) is 0.429. The molecule has 0 fully saturated rings. The second-order valence-corrected chi connectivity index (χ2v) is 4.32. The highest BCUT2D eigenvalue weighted by molar-refractivity contribution is 6.03. The predicted octanol–water partition coefficient (Wildman–Crippen LogP) is 1.39. The van der Waals surface area contributed by atoms with E-state index < -0.39 is 0 Å². The SMILES string of the molecule is COCCNC(=O)CC(=O)Nc1cccc(C)c1C. The highest BCUT2D eigenvalue weighted by Gasteiger charge is 2.10. The Balaban J connectivity index is 2.47. The summed E-state index contributed by atoms with van der Waals surface area (Å²) in [5.74, 6) is -0.622. The van der Waals surface area contributed by atoms with Crippen LogP contribution in [0.25, 0.3) is 0 Å². The van der Waals surface area contributed by atoms with Gasteiger partial charge in [0.05, 0.1) is 6.61 Å². The molecule has 0 spiro atoms. The maximum absolute atomic E-state index is 11.7. The maximum atomic E-state index is 11.7. The van der Waals surface area contributed by atoms with Gasteiger partial charge < -0.3 is 15.4 Å². The molecule has 0 radical (unpaired) electrons. The summed E-state index contributed by atoms with van der Waals surface area (Å²) >= 11 is 0. The van der Waals surface area contributed by atoms with Crippen LogP contribution >= 0.6 is 0 Å². The van der Waals surface area contributed by atoms with Crippen molar-refractivity contribution in [3.8, 4) is 0 Å². The van der Waals surface area contributed by atoms with Gasteiger partial charge in [0.15, 0.2) is 0 Å². The van der Waals surface area contributed by atoms with Crippen LogP contribution in [0.2, 0.25) is 0 Å². The summed E-state index contributed by atoms with van der Waals surface area (Å²) < 4.78 is 4.81. The largest absolute Gasteiger partial charge is 0.383 e. The summed E-state index contributed by atoms with van der Waals surface area (Å²) in [7, 11) is 1.55. The predicted molar refractivity (Wildman–Crippen MR) is 74.0 cm³/mol. The Morgan fingerprint density at radius 3 is 2.63 bits per heavy atom. The van der Waals surface area contributed by atoms with Gasteiger partial charge in [0.1, 0.15) is 6.42 Å². The lowest BCUT2D eigenvalue weighted by Crippen LogP contribution is -2.30. The summed E-state index contributed by atoms with van der Waals surface area (Å²) in [5, 5.41) is 5.34. The lowest BCUT2D eigenvalue weighted by atomic mass is 10.1. The lowest BCUT2D eigenvalue weighted by molar-refractivity contribution is -0.126. The number of aryl methyl sites for hydroxylation is 1. The smallest absolute Gasteiger partial charge is 0.233 e. The molecule has 0 aliphatic heterocycles. The molecule has 0 saturated carbocycles. The molecule has 0 unspecified atom stereocenters. The third-order valence-corrected chi connectivity index (χ3v) is 2.83. The first-order valence-electron chi connectivity index (χ1n) is 6.16. The molecule has 0 aromatic heterocycles. The van der Waals surface area contributed by atoms with Crippen LogP contribution in [0.5, 0.6) is 0 Å². The average Bonchev–Trinajstić information content (AvgIpc) is 2.35. The molecule has 1 aromatic rings. The molecule has 2 amide bonds. The van der Waals surface area contributed by atoms with Crippen molar-refractivity contribution in [2.75, 3.05) is 25.6 Å². The molecular formula is C14H20N2O3. The Morgan fingerprint density at radius 2 is 1.95 bits per heavy atom. The van der Waals surface area contributed by atoms with Crippen molar-refractivity contribution in [2.24, 2.45) is 0 Å². The Hall–Kier alpha value is -1.88. The van der Waals surface area contributed by atoms with Crippen LogP contribution in [-0.2, 0) is 14.3 Å². The van der Waals surface area contributed by atoms with Gasteiger partial charge in [-0.3, -0.25) is 9.59 Å². The average molecular weight is 264 g/mol. The minimum absolute atomic E-state index is 0.183. The van der Waals surface area contributed by atoms with Gasteiger partial charge in [-0.15, -0.1) is 0 Å². The van der Waals surface area contributed by atoms with E-state index in [4.69, 9.17) is 4.74 Å². The topological polar surface area (TPSA) is 67.4 Å². The molecule has 0 atom stereocenters. The lowest BCUT2D eigenvalue weighted by Gasteiger charge is -2.10. The zero-order valence-corrected chi connectivity index (χ0v) is 11.6. The molecule has 0 heterocycles. The van der Waals surface area contributed by atoms with Crippen molar-refractivity contribution in [1.29, 1.82) is 0 Å². The van der Waals surface area contributed by atoms with Crippen molar-refractivity contribution >= 4 is 17.5 Å². The zero-order chi connectivity index (χ0) is 14.3. The van der Waals surface area contributed by atoms with Crippen LogP contribution in [0.4, 0.5) is 5.69 Å². The van der Waals surface area contributed by atoms with Gasteiger partial charge >= 0.3 is 0 Å². The van der Waals surface area contributed by atoms with E-state index in [9.17, 15) is 9.59 Å². The van der Waals surface area contributed by atoms with E-state index in [1.807, 2.05) is 32.0 Å². The Labute approximate surface area is 113 Å². The minimum Gasteiger partial charge on any atom is -0.383 e. The second kappa shape index (κ2) is 7.53. The van der Waals surface area contributed by atoms with Crippen LogP contribution in [0, 0.1) is 13.8 Å². The number of carbonyl (C=O) groups excluding carboxylic acids is 2. The van der Waals surface area contributed by atoms with Crippen LogP contribution < -0.4 is 10.6 Å². The molecule has 104 valence electrons. The molecule has 5 heteroatoms. The van der Waals surface area contributed by atoms with Crippen LogP contribution in [0.1, 0.15) is 17.5 Å². The van der Waals surface area contributed by atoms with E-state index in [1.54, 1.807) is 7.11 Å². The molecule has 0 bridgehead atoms. The van der Waals surface area contributed by atoms with E-state index in [2.05, 4.69) is 10.6 Å². The molecule has 5 nitrogen and oxygen atoms in total. The van der Waals surface area contributed by atoms with Gasteiger partial charge in [0.2, 0.25) is 11.8 Å². The van der Waals surface area contributed by atoms with Crippen molar-refractivity contribution < 1.29 is 14.3 Å². The summed E-state index contributed by atoms with van der Waals surface area (Å²) in [5.41, 5.74) is 2.85. The number of hydrogen-bond acceptors (Lipinski definition) is 3. The van der Waals surface area contributed by atoms with Gasteiger partial charge in [-0.25, -0.2) is 0 Å². The number of hydrogen-bond donors (Lipinski definition) is 2. The van der Waals surface area contributed by atoms with E-state index in [-0.39, 0.29) is 18.2 Å². The fourth-order valence-corrected chi connectivity index (χ4v) is 1.58. The van der Waals surface area contributed by atoms with Gasteiger partial charge in [0, 0.05) is 19.3 Å². The first-order chi connectivity index (χ1) is 9.04. The monoisotopic (exact) mass is 264 g/mol. The third kappa shape index (κ3) is 5.09. The number of ether oxygens (including phenoxy) is 1. The normalized spacial score (nSPS) is 10.1. The molecule has 0 aliphatic carbocycles. The Kier molecular flexibility index (Phi) is 6.02. The van der Waals surface area contributed by atoms with Gasteiger partial charge in [-0.1, -0.05) is 12.1 Å². The number of carbonyl (C=O) groups is 2. The molecule has 1 rings (SSSR count). The molecule has 0 saturated heterocycles. The first kappa shape index (κ1) is 15.2. The number of rotatable bonds is 6. The number of anilines is 1. The van der Waals surface area contributed by atoms with Crippen molar-refractivity contribution in [3.63, 3.8) is 0 Å². The van der Waals surface area contributed by atoms with Crippen molar-refractivity contribution in [1.82, 2.24) is 5.32 Å². The quantitative estimate of drug-likeness (QED) is 0.603. The molecule has 0 aliphatic rings. The maximum Gasteiger partial charge on any atom is 0.233 e. The van der Waals surface area contributed by atoms with Crippen LogP contribution in [-0.4, -0.2) is 32.1 Å². The Bertz CT molecular complexity index is 458. The zero-order valence-electron chi connectivity index (χ0n) is 11.6. The van der Waals surface area contributed by atoms with Gasteiger partial charge in [-0.05, 0) is 31.0 Å². The van der Waals surface area contributed by atoms with E-state index in [0.717, 1.165) is 16.8 Å². The minimum atomic E-state index is -0.316. The third-order valence-electron chi connectivity index (χ3n) is 2.83. The molecular weight excluding hydrogens is 244 g/mol. The summed E-state index contributed by atoms with van der Waals surface area (Å²) in [6.45, 7) is 4.75. The fourth-order valence-electron chi connectivity index (χ4n) is 1.58. The van der Waals surface area contributed by atoms with Crippen LogP contribution in [0.3, 0.4) is 0 Å². The summed E-state index contributed by atoms with van der Waals surface area (Å²) in [6.07, 6.45) is -0.183. The molecule has 19 heavy (non-hydrogen) atoms. The highest BCUT2D eigenvalue weighted by Crippen LogP contribution is 2.17. The number of amides is 2. The van der Waals surface area contributed by atoms with Crippen molar-refractivity contribution in [3.05, 3.63) is 29.3 Å². The second-order valence-electron chi connectivity index (χ2n) is 4.32. The van der Waals surface area contributed by atoms with Crippen LogP contribution in [0.15, 0.2) is 18.2 Å². The first-order valence-corrected chi connectivity index (χ1v) is 6.16. The van der Waals surface area contributed by atoms with E-state index in [1.165, 1.54) is 0 Å². The van der Waals surface area contributed by atoms with Gasteiger partial charge in [-0.2, -0.15) is 0 Å². The van der Waals surface area contributed by atoms with Gasteiger partial charge in [0.25, 0.3) is 0 Å². The van der Waals surface area contributed by atoms with E-state index in [0.29, 0.717) is 13.2 Å².